The minimum Gasteiger partial charge on any atom is -0.452 e. The van der Waals surface area contributed by atoms with E-state index in [0.29, 0.717) is 16.1 Å². The van der Waals surface area contributed by atoms with Crippen LogP contribution in [0.5, 0.6) is 0 Å². The van der Waals surface area contributed by atoms with E-state index in [4.69, 9.17) is 4.74 Å². The highest BCUT2D eigenvalue weighted by molar-refractivity contribution is 7.89. The van der Waals surface area contributed by atoms with Crippen molar-refractivity contribution < 1.29 is 27.6 Å². The Morgan fingerprint density at radius 1 is 1.03 bits per heavy atom. The number of carbonyl (C=O) groups excluding carboxylic acids is 2. The summed E-state index contributed by atoms with van der Waals surface area (Å²) in [5.41, 5.74) is 1.88. The average Bonchev–Trinajstić information content (AvgIpc) is 2.71. The van der Waals surface area contributed by atoms with Gasteiger partial charge in [-0.1, -0.05) is 30.4 Å². The van der Waals surface area contributed by atoms with E-state index in [1.807, 2.05) is 12.1 Å². The Labute approximate surface area is 170 Å². The van der Waals surface area contributed by atoms with Crippen LogP contribution in [0.4, 0.5) is 5.69 Å². The van der Waals surface area contributed by atoms with Crippen molar-refractivity contribution >= 4 is 27.6 Å². The highest BCUT2D eigenvalue weighted by Crippen LogP contribution is 2.17. The normalized spacial score (nSPS) is 11.5. The van der Waals surface area contributed by atoms with Gasteiger partial charge in [-0.3, -0.25) is 9.63 Å². The molecule has 0 saturated carbocycles. The summed E-state index contributed by atoms with van der Waals surface area (Å²) in [7, 11) is -1.32. The molecule has 0 atom stereocenters. The maximum atomic E-state index is 12.1. The molecule has 0 aliphatic carbocycles. The number of benzene rings is 2. The van der Waals surface area contributed by atoms with Gasteiger partial charge in [0.2, 0.25) is 0 Å². The van der Waals surface area contributed by atoms with Crippen molar-refractivity contribution in [2.75, 3.05) is 26.1 Å². The van der Waals surface area contributed by atoms with Gasteiger partial charge in [-0.25, -0.2) is 13.2 Å². The molecule has 2 rings (SSSR count). The van der Waals surface area contributed by atoms with Crippen LogP contribution in [-0.2, 0) is 24.4 Å². The summed E-state index contributed by atoms with van der Waals surface area (Å²) >= 11 is 0. The van der Waals surface area contributed by atoms with Gasteiger partial charge in [0.25, 0.3) is 15.9 Å². The lowest BCUT2D eigenvalue weighted by atomic mass is 10.0. The first-order valence-electron chi connectivity index (χ1n) is 8.85. The van der Waals surface area contributed by atoms with E-state index >= 15 is 0 Å². The lowest BCUT2D eigenvalue weighted by Crippen LogP contribution is -2.25. The molecule has 0 fully saturated rings. The van der Waals surface area contributed by atoms with Crippen LogP contribution in [0.3, 0.4) is 0 Å². The number of nitrogens with one attached hydrogen (secondary N) is 1. The number of rotatable bonds is 8. The Morgan fingerprint density at radius 3 is 2.14 bits per heavy atom. The highest BCUT2D eigenvalue weighted by atomic mass is 32.2. The number of ether oxygens (including phenoxy) is 1. The smallest absolute Gasteiger partial charge is 0.338 e. The summed E-state index contributed by atoms with van der Waals surface area (Å²) in [6.07, 6.45) is 0. The van der Waals surface area contributed by atoms with E-state index < -0.39 is 28.5 Å². The Hall–Kier alpha value is -2.75. The van der Waals surface area contributed by atoms with Gasteiger partial charge >= 0.3 is 5.97 Å². The molecule has 9 heteroatoms. The summed E-state index contributed by atoms with van der Waals surface area (Å²) in [4.78, 5) is 28.7. The molecule has 29 heavy (non-hydrogen) atoms. The summed E-state index contributed by atoms with van der Waals surface area (Å²) in [6, 6.07) is 12.5. The fraction of sp³-hybridized carbons (Fsp3) is 0.300. The van der Waals surface area contributed by atoms with Gasteiger partial charge in [0.15, 0.2) is 6.61 Å². The van der Waals surface area contributed by atoms with E-state index in [2.05, 4.69) is 24.0 Å². The quantitative estimate of drug-likeness (QED) is 0.520. The predicted molar refractivity (Wildman–Crippen MR) is 108 cm³/mol. The van der Waals surface area contributed by atoms with Gasteiger partial charge in [-0.15, -0.1) is 0 Å². The number of carbonyl (C=O) groups is 2. The van der Waals surface area contributed by atoms with Crippen molar-refractivity contribution in [1.29, 1.82) is 0 Å². The van der Waals surface area contributed by atoms with Crippen LogP contribution in [0.2, 0.25) is 0 Å². The minimum atomic E-state index is -3.81. The van der Waals surface area contributed by atoms with Gasteiger partial charge in [0, 0.05) is 12.7 Å². The van der Waals surface area contributed by atoms with Crippen LogP contribution in [0, 0.1) is 0 Å². The van der Waals surface area contributed by atoms with Crippen molar-refractivity contribution in [3.05, 3.63) is 59.7 Å². The van der Waals surface area contributed by atoms with E-state index in [1.54, 1.807) is 12.1 Å². The van der Waals surface area contributed by atoms with Crippen molar-refractivity contribution in [2.24, 2.45) is 0 Å². The molecule has 156 valence electrons. The monoisotopic (exact) mass is 420 g/mol. The van der Waals surface area contributed by atoms with Gasteiger partial charge in [0.1, 0.15) is 0 Å². The maximum absolute atomic E-state index is 12.1. The molecule has 0 aliphatic heterocycles. The molecular weight excluding hydrogens is 396 g/mol. The first-order valence-corrected chi connectivity index (χ1v) is 10.3. The third-order valence-electron chi connectivity index (χ3n) is 4.18. The zero-order valence-corrected chi connectivity index (χ0v) is 17.5. The van der Waals surface area contributed by atoms with Crippen LogP contribution in [0.1, 0.15) is 35.7 Å². The molecular formula is C20H24N2O6S. The Balaban J connectivity index is 1.92. The molecule has 1 amide bonds. The van der Waals surface area contributed by atoms with Crippen LogP contribution >= 0.6 is 0 Å². The third-order valence-corrected chi connectivity index (χ3v) is 5.87. The number of hydroxylamine groups is 1. The third kappa shape index (κ3) is 5.86. The van der Waals surface area contributed by atoms with E-state index in [-0.39, 0.29) is 10.5 Å². The van der Waals surface area contributed by atoms with Gasteiger partial charge < -0.3 is 10.1 Å². The molecule has 2 aromatic carbocycles. The first-order chi connectivity index (χ1) is 13.6. The number of hydrogen-bond donors (Lipinski definition) is 1. The Kier molecular flexibility index (Phi) is 7.49. The second kappa shape index (κ2) is 9.64. The zero-order valence-electron chi connectivity index (χ0n) is 16.7. The molecule has 0 bridgehead atoms. The molecule has 0 radical (unpaired) electrons. The van der Waals surface area contributed by atoms with Crippen LogP contribution in [0.15, 0.2) is 53.4 Å². The fourth-order valence-corrected chi connectivity index (χ4v) is 3.35. The first kappa shape index (κ1) is 22.5. The Bertz CT molecular complexity index is 953. The lowest BCUT2D eigenvalue weighted by molar-refractivity contribution is -0.119. The average molecular weight is 420 g/mol. The SMILES string of the molecule is CON(C)S(=O)(=O)c1ccc(C(=O)OCC(=O)Nc2ccc(C(C)C)cc2)cc1. The van der Waals surface area contributed by atoms with Crippen LogP contribution in [-0.4, -0.2) is 45.5 Å². The molecule has 0 spiro atoms. The predicted octanol–water partition coefficient (Wildman–Crippen LogP) is 2.79. The second-order valence-corrected chi connectivity index (χ2v) is 8.46. The lowest BCUT2D eigenvalue weighted by Gasteiger charge is -2.14. The van der Waals surface area contributed by atoms with Gasteiger partial charge in [0.05, 0.1) is 17.6 Å². The molecule has 0 unspecified atom stereocenters. The van der Waals surface area contributed by atoms with Crippen LogP contribution < -0.4 is 5.32 Å². The van der Waals surface area contributed by atoms with E-state index in [9.17, 15) is 18.0 Å². The van der Waals surface area contributed by atoms with Crippen molar-refractivity contribution in [3.63, 3.8) is 0 Å². The van der Waals surface area contributed by atoms with E-state index in [0.717, 1.165) is 5.56 Å². The highest BCUT2D eigenvalue weighted by Gasteiger charge is 2.21. The largest absolute Gasteiger partial charge is 0.452 e. The molecule has 0 aliphatic rings. The number of sulfonamides is 1. The standard InChI is InChI=1S/C20H24N2O6S/c1-14(2)15-5-9-17(10-6-15)21-19(23)13-28-20(24)16-7-11-18(12-8-16)29(25,26)22(3)27-4/h5-12,14H,13H2,1-4H3,(H,21,23). The summed E-state index contributed by atoms with van der Waals surface area (Å²) in [6.45, 7) is 3.69. The van der Waals surface area contributed by atoms with Crippen molar-refractivity contribution in [2.45, 2.75) is 24.7 Å². The molecule has 1 N–H and O–H groups in total. The topological polar surface area (TPSA) is 102 Å². The number of amides is 1. The number of hydrogen-bond acceptors (Lipinski definition) is 6. The second-order valence-electron chi connectivity index (χ2n) is 6.52. The van der Waals surface area contributed by atoms with Crippen LogP contribution in [0.25, 0.3) is 0 Å². The molecule has 0 saturated heterocycles. The van der Waals surface area contributed by atoms with Gasteiger partial charge in [-0.2, -0.15) is 0 Å². The van der Waals surface area contributed by atoms with Crippen molar-refractivity contribution in [1.82, 2.24) is 4.47 Å². The van der Waals surface area contributed by atoms with E-state index in [1.165, 1.54) is 38.4 Å². The summed E-state index contributed by atoms with van der Waals surface area (Å²) in [5.74, 6) is -0.826. The zero-order chi connectivity index (χ0) is 21.6. The fourth-order valence-electron chi connectivity index (χ4n) is 2.37. The minimum absolute atomic E-state index is 0.0408. The summed E-state index contributed by atoms with van der Waals surface area (Å²) in [5, 5.41) is 2.65. The van der Waals surface area contributed by atoms with Crippen molar-refractivity contribution in [3.8, 4) is 0 Å². The number of anilines is 1. The number of esters is 1. The molecule has 0 aromatic heterocycles. The Morgan fingerprint density at radius 2 is 1.62 bits per heavy atom. The maximum Gasteiger partial charge on any atom is 0.338 e. The molecule has 8 nitrogen and oxygen atoms in total. The summed E-state index contributed by atoms with van der Waals surface area (Å²) < 4.78 is 29.9. The number of nitrogens with zero attached hydrogens (tertiary/aromatic N) is 1. The molecule has 0 heterocycles. The molecule has 2 aromatic rings. The van der Waals surface area contributed by atoms with Gasteiger partial charge in [-0.05, 0) is 47.9 Å².